The number of carbonyl (C=O) groups excluding carboxylic acids is 1. The molecule has 0 unspecified atom stereocenters. The topological polar surface area (TPSA) is 59.3 Å². The fourth-order valence-corrected chi connectivity index (χ4v) is 2.86. The van der Waals surface area contributed by atoms with Crippen molar-refractivity contribution in [1.82, 2.24) is 15.0 Å². The third kappa shape index (κ3) is 2.96. The van der Waals surface area contributed by atoms with Crippen LogP contribution in [0.1, 0.15) is 16.1 Å². The molecule has 0 aliphatic rings. The molecule has 3 rings (SSSR count). The summed E-state index contributed by atoms with van der Waals surface area (Å²) in [6.45, 7) is 2.01. The molecule has 0 aliphatic heterocycles. The average molecular weight is 310 g/mol. The number of thiazole rings is 1. The molecule has 1 amide bonds. The quantitative estimate of drug-likeness (QED) is 0.756. The number of benzene rings is 1. The minimum absolute atomic E-state index is 0.256. The van der Waals surface area contributed by atoms with Crippen LogP contribution < -0.4 is 10.2 Å². The predicted molar refractivity (Wildman–Crippen MR) is 85.6 cm³/mol. The molecule has 0 fully saturated rings. The zero-order valence-electron chi connectivity index (χ0n) is 11.9. The normalized spacial score (nSPS) is 11.4. The number of aromatic nitrogens is 2. The molecule has 2 heterocycles. The minimum atomic E-state index is -0.256. The SMILES string of the molecule is Cc1cs/c(=N/NC(=O)c2ccncc2)n1-c1ccccc1. The van der Waals surface area contributed by atoms with Gasteiger partial charge < -0.3 is 0 Å². The molecule has 3 aromatic rings. The van der Waals surface area contributed by atoms with Gasteiger partial charge in [-0.2, -0.15) is 0 Å². The monoisotopic (exact) mass is 310 g/mol. The van der Waals surface area contributed by atoms with Gasteiger partial charge in [-0.1, -0.05) is 18.2 Å². The Morgan fingerprint density at radius 2 is 1.91 bits per heavy atom. The van der Waals surface area contributed by atoms with E-state index in [1.165, 1.54) is 11.3 Å². The number of carbonyl (C=O) groups is 1. The second kappa shape index (κ2) is 6.36. The third-order valence-electron chi connectivity index (χ3n) is 3.09. The molecule has 0 saturated carbocycles. The van der Waals surface area contributed by atoms with Crippen LogP contribution in [-0.4, -0.2) is 15.5 Å². The standard InChI is InChI=1S/C16H14N4OS/c1-12-11-22-16(20(12)14-5-3-2-4-6-14)19-18-15(21)13-7-9-17-10-8-13/h2-11H,1H3,(H,18,21)/b19-16+. The zero-order valence-corrected chi connectivity index (χ0v) is 12.7. The number of rotatable bonds is 3. The Balaban J connectivity index is 1.92. The third-order valence-corrected chi connectivity index (χ3v) is 4.03. The lowest BCUT2D eigenvalue weighted by atomic mass is 10.3. The van der Waals surface area contributed by atoms with Gasteiger partial charge in [0.2, 0.25) is 4.80 Å². The maximum absolute atomic E-state index is 12.0. The highest BCUT2D eigenvalue weighted by Crippen LogP contribution is 2.09. The van der Waals surface area contributed by atoms with Crippen molar-refractivity contribution >= 4 is 17.2 Å². The van der Waals surface area contributed by atoms with Gasteiger partial charge in [-0.05, 0) is 31.2 Å². The largest absolute Gasteiger partial charge is 0.288 e. The summed E-state index contributed by atoms with van der Waals surface area (Å²) < 4.78 is 2.00. The number of hydrogen-bond donors (Lipinski definition) is 1. The van der Waals surface area contributed by atoms with E-state index in [0.717, 1.165) is 11.4 Å². The Morgan fingerprint density at radius 3 is 2.64 bits per heavy atom. The molecule has 0 atom stereocenters. The Hall–Kier alpha value is -2.73. The van der Waals surface area contributed by atoms with Crippen LogP contribution >= 0.6 is 11.3 Å². The van der Waals surface area contributed by atoms with Gasteiger partial charge in [-0.15, -0.1) is 16.4 Å². The zero-order chi connectivity index (χ0) is 15.4. The minimum Gasteiger partial charge on any atom is -0.288 e. The van der Waals surface area contributed by atoms with Gasteiger partial charge in [0.25, 0.3) is 5.91 Å². The van der Waals surface area contributed by atoms with Crippen molar-refractivity contribution in [3.05, 3.63) is 76.3 Å². The molecular formula is C16H14N4OS. The first-order valence-corrected chi connectivity index (χ1v) is 7.60. The lowest BCUT2D eigenvalue weighted by molar-refractivity contribution is 0.0953. The summed E-state index contributed by atoms with van der Waals surface area (Å²) in [6, 6.07) is 13.2. The van der Waals surface area contributed by atoms with E-state index in [1.54, 1.807) is 24.5 Å². The van der Waals surface area contributed by atoms with Crippen LogP contribution in [0.5, 0.6) is 0 Å². The van der Waals surface area contributed by atoms with E-state index in [-0.39, 0.29) is 5.91 Å². The fourth-order valence-electron chi connectivity index (χ4n) is 2.03. The highest BCUT2D eigenvalue weighted by molar-refractivity contribution is 7.07. The van der Waals surface area contributed by atoms with Crippen LogP contribution in [0, 0.1) is 6.92 Å². The van der Waals surface area contributed by atoms with Crippen molar-refractivity contribution < 1.29 is 4.79 Å². The van der Waals surface area contributed by atoms with E-state index in [9.17, 15) is 4.79 Å². The molecule has 0 radical (unpaired) electrons. The molecule has 0 spiro atoms. The highest BCUT2D eigenvalue weighted by Gasteiger charge is 2.06. The van der Waals surface area contributed by atoms with Crippen molar-refractivity contribution in [3.8, 4) is 5.69 Å². The molecule has 110 valence electrons. The number of para-hydroxylation sites is 1. The molecular weight excluding hydrogens is 296 g/mol. The molecule has 1 N–H and O–H groups in total. The Labute approximate surface area is 131 Å². The summed E-state index contributed by atoms with van der Waals surface area (Å²) in [5.74, 6) is -0.256. The molecule has 0 aliphatic carbocycles. The Morgan fingerprint density at radius 1 is 1.18 bits per heavy atom. The molecule has 1 aromatic carbocycles. The summed E-state index contributed by atoms with van der Waals surface area (Å²) in [5.41, 5.74) is 5.19. The second-order valence-electron chi connectivity index (χ2n) is 4.62. The summed E-state index contributed by atoms with van der Waals surface area (Å²) in [4.78, 5) is 16.6. The predicted octanol–water partition coefficient (Wildman–Crippen LogP) is 2.49. The van der Waals surface area contributed by atoms with E-state index >= 15 is 0 Å². The van der Waals surface area contributed by atoms with Crippen LogP contribution in [0.2, 0.25) is 0 Å². The van der Waals surface area contributed by atoms with E-state index in [0.29, 0.717) is 10.4 Å². The van der Waals surface area contributed by atoms with Gasteiger partial charge in [-0.25, -0.2) is 5.43 Å². The first kappa shape index (κ1) is 14.2. The highest BCUT2D eigenvalue weighted by atomic mass is 32.1. The smallest absolute Gasteiger partial charge is 0.271 e. The summed E-state index contributed by atoms with van der Waals surface area (Å²) in [6.07, 6.45) is 3.16. The Kier molecular flexibility index (Phi) is 4.11. The first-order chi connectivity index (χ1) is 10.8. The molecule has 6 heteroatoms. The molecule has 5 nitrogen and oxygen atoms in total. The summed E-state index contributed by atoms with van der Waals surface area (Å²) >= 11 is 1.48. The Bertz CT molecular complexity index is 837. The van der Waals surface area contributed by atoms with Gasteiger partial charge >= 0.3 is 0 Å². The maximum atomic E-state index is 12.0. The van der Waals surface area contributed by atoms with Gasteiger partial charge in [0.15, 0.2) is 0 Å². The number of hydrogen-bond acceptors (Lipinski definition) is 4. The summed E-state index contributed by atoms with van der Waals surface area (Å²) in [7, 11) is 0. The average Bonchev–Trinajstić information content (AvgIpc) is 2.95. The van der Waals surface area contributed by atoms with Gasteiger partial charge in [0.1, 0.15) is 0 Å². The van der Waals surface area contributed by atoms with Gasteiger partial charge in [-0.3, -0.25) is 14.3 Å². The second-order valence-corrected chi connectivity index (χ2v) is 5.46. The van der Waals surface area contributed by atoms with Crippen molar-refractivity contribution in [2.75, 3.05) is 0 Å². The van der Waals surface area contributed by atoms with Crippen LogP contribution in [-0.2, 0) is 0 Å². The van der Waals surface area contributed by atoms with Gasteiger partial charge in [0, 0.05) is 34.7 Å². The van der Waals surface area contributed by atoms with E-state index in [2.05, 4.69) is 15.5 Å². The van der Waals surface area contributed by atoms with Crippen LogP contribution in [0.4, 0.5) is 0 Å². The number of pyridine rings is 1. The lowest BCUT2D eigenvalue weighted by Gasteiger charge is -2.05. The maximum Gasteiger partial charge on any atom is 0.271 e. The van der Waals surface area contributed by atoms with Crippen LogP contribution in [0.15, 0.2) is 65.3 Å². The molecule has 0 saturated heterocycles. The van der Waals surface area contributed by atoms with Crippen LogP contribution in [0.25, 0.3) is 5.69 Å². The van der Waals surface area contributed by atoms with Crippen LogP contribution in [0.3, 0.4) is 0 Å². The number of aryl methyl sites for hydroxylation is 1. The van der Waals surface area contributed by atoms with Gasteiger partial charge in [0.05, 0.1) is 0 Å². The summed E-state index contributed by atoms with van der Waals surface area (Å²) in [5, 5.41) is 6.25. The van der Waals surface area contributed by atoms with Crippen molar-refractivity contribution in [2.45, 2.75) is 6.92 Å². The molecule has 2 aromatic heterocycles. The number of nitrogens with zero attached hydrogens (tertiary/aromatic N) is 3. The molecule has 22 heavy (non-hydrogen) atoms. The lowest BCUT2D eigenvalue weighted by Crippen LogP contribution is -2.24. The first-order valence-electron chi connectivity index (χ1n) is 6.72. The van der Waals surface area contributed by atoms with Crippen molar-refractivity contribution in [2.24, 2.45) is 5.10 Å². The fraction of sp³-hybridized carbons (Fsp3) is 0.0625. The van der Waals surface area contributed by atoms with E-state index in [4.69, 9.17) is 0 Å². The van der Waals surface area contributed by atoms with Crippen molar-refractivity contribution in [3.63, 3.8) is 0 Å². The van der Waals surface area contributed by atoms with E-state index in [1.807, 2.05) is 47.2 Å². The number of nitrogens with one attached hydrogen (secondary N) is 1. The van der Waals surface area contributed by atoms with Crippen molar-refractivity contribution in [1.29, 1.82) is 0 Å². The van der Waals surface area contributed by atoms with E-state index < -0.39 is 0 Å². The molecule has 0 bridgehead atoms. The number of amides is 1.